The standard InChI is InChI=1S/C12H19NO/c1-9-4-5-10(11(14)8-9)6-7-12(2,3)13/h4-5,8,14H,6-7,13H2,1-3H3. The zero-order chi connectivity index (χ0) is 10.8. The predicted molar refractivity (Wildman–Crippen MR) is 59.4 cm³/mol. The summed E-state index contributed by atoms with van der Waals surface area (Å²) in [6.45, 7) is 5.97. The van der Waals surface area contributed by atoms with Crippen LogP contribution in [0.4, 0.5) is 0 Å². The van der Waals surface area contributed by atoms with Crippen molar-refractivity contribution in [3.63, 3.8) is 0 Å². The van der Waals surface area contributed by atoms with E-state index in [-0.39, 0.29) is 5.54 Å². The molecule has 0 aliphatic rings. The zero-order valence-corrected chi connectivity index (χ0v) is 9.17. The molecular weight excluding hydrogens is 174 g/mol. The number of aryl methyl sites for hydroxylation is 2. The second kappa shape index (κ2) is 4.01. The van der Waals surface area contributed by atoms with Gasteiger partial charge in [0.05, 0.1) is 0 Å². The molecule has 1 rings (SSSR count). The fourth-order valence-corrected chi connectivity index (χ4v) is 1.34. The van der Waals surface area contributed by atoms with E-state index in [1.165, 1.54) is 0 Å². The first-order valence-electron chi connectivity index (χ1n) is 4.96. The average molecular weight is 193 g/mol. The first-order valence-corrected chi connectivity index (χ1v) is 4.96. The van der Waals surface area contributed by atoms with Gasteiger partial charge < -0.3 is 10.8 Å². The molecule has 1 aromatic rings. The highest BCUT2D eigenvalue weighted by atomic mass is 16.3. The molecule has 2 nitrogen and oxygen atoms in total. The van der Waals surface area contributed by atoms with Crippen LogP contribution in [0, 0.1) is 6.92 Å². The summed E-state index contributed by atoms with van der Waals surface area (Å²) in [5, 5.41) is 9.65. The van der Waals surface area contributed by atoms with E-state index in [0.29, 0.717) is 5.75 Å². The van der Waals surface area contributed by atoms with Gasteiger partial charge in [-0.3, -0.25) is 0 Å². The minimum Gasteiger partial charge on any atom is -0.508 e. The van der Waals surface area contributed by atoms with E-state index >= 15 is 0 Å². The monoisotopic (exact) mass is 193 g/mol. The van der Waals surface area contributed by atoms with Gasteiger partial charge in [0, 0.05) is 5.54 Å². The number of phenolic OH excluding ortho intramolecular Hbond substituents is 1. The van der Waals surface area contributed by atoms with Gasteiger partial charge in [0.1, 0.15) is 5.75 Å². The molecule has 0 radical (unpaired) electrons. The van der Waals surface area contributed by atoms with Crippen LogP contribution in [0.2, 0.25) is 0 Å². The number of phenols is 1. The average Bonchev–Trinajstić information content (AvgIpc) is 2.00. The van der Waals surface area contributed by atoms with Crippen LogP contribution in [0.5, 0.6) is 5.75 Å². The molecule has 0 atom stereocenters. The quantitative estimate of drug-likeness (QED) is 0.774. The van der Waals surface area contributed by atoms with Crippen molar-refractivity contribution in [1.82, 2.24) is 0 Å². The molecule has 0 aliphatic heterocycles. The Bertz CT molecular complexity index is 313. The lowest BCUT2D eigenvalue weighted by atomic mass is 9.96. The van der Waals surface area contributed by atoms with Crippen LogP contribution in [0.25, 0.3) is 0 Å². The summed E-state index contributed by atoms with van der Waals surface area (Å²) in [5.41, 5.74) is 7.77. The number of benzene rings is 1. The minimum absolute atomic E-state index is 0.169. The van der Waals surface area contributed by atoms with Gasteiger partial charge >= 0.3 is 0 Å². The molecule has 0 fully saturated rings. The van der Waals surface area contributed by atoms with Gasteiger partial charge in [-0.25, -0.2) is 0 Å². The number of rotatable bonds is 3. The highest BCUT2D eigenvalue weighted by Gasteiger charge is 2.11. The maximum Gasteiger partial charge on any atom is 0.119 e. The lowest BCUT2D eigenvalue weighted by molar-refractivity contribution is 0.448. The third kappa shape index (κ3) is 3.38. The third-order valence-corrected chi connectivity index (χ3v) is 2.28. The van der Waals surface area contributed by atoms with E-state index < -0.39 is 0 Å². The van der Waals surface area contributed by atoms with E-state index in [1.54, 1.807) is 6.07 Å². The molecular formula is C12H19NO. The van der Waals surface area contributed by atoms with E-state index in [4.69, 9.17) is 5.73 Å². The van der Waals surface area contributed by atoms with Gasteiger partial charge in [-0.05, 0) is 50.8 Å². The summed E-state index contributed by atoms with van der Waals surface area (Å²) < 4.78 is 0. The predicted octanol–water partition coefficient (Wildman–Crippen LogP) is 2.37. The Hall–Kier alpha value is -1.02. The Morgan fingerprint density at radius 1 is 1.36 bits per heavy atom. The van der Waals surface area contributed by atoms with E-state index in [1.807, 2.05) is 32.9 Å². The maximum absolute atomic E-state index is 9.65. The molecule has 1 aromatic carbocycles. The Morgan fingerprint density at radius 3 is 2.50 bits per heavy atom. The molecule has 0 heterocycles. The fraction of sp³-hybridized carbons (Fsp3) is 0.500. The van der Waals surface area contributed by atoms with Crippen molar-refractivity contribution in [1.29, 1.82) is 0 Å². The van der Waals surface area contributed by atoms with Gasteiger partial charge in [-0.2, -0.15) is 0 Å². The Kier molecular flexibility index (Phi) is 3.17. The van der Waals surface area contributed by atoms with Crippen molar-refractivity contribution in [3.8, 4) is 5.75 Å². The van der Waals surface area contributed by atoms with Gasteiger partial charge in [0.2, 0.25) is 0 Å². The molecule has 0 bridgehead atoms. The molecule has 0 unspecified atom stereocenters. The van der Waals surface area contributed by atoms with E-state index in [9.17, 15) is 5.11 Å². The van der Waals surface area contributed by atoms with Crippen LogP contribution in [-0.2, 0) is 6.42 Å². The number of hydrogen-bond acceptors (Lipinski definition) is 2. The summed E-state index contributed by atoms with van der Waals surface area (Å²) >= 11 is 0. The number of aromatic hydroxyl groups is 1. The summed E-state index contributed by atoms with van der Waals surface area (Å²) in [4.78, 5) is 0. The van der Waals surface area contributed by atoms with Gasteiger partial charge in [-0.15, -0.1) is 0 Å². The van der Waals surface area contributed by atoms with Crippen molar-refractivity contribution in [3.05, 3.63) is 29.3 Å². The van der Waals surface area contributed by atoms with Crippen LogP contribution in [0.1, 0.15) is 31.4 Å². The van der Waals surface area contributed by atoms with E-state index in [0.717, 1.165) is 24.0 Å². The van der Waals surface area contributed by atoms with Crippen LogP contribution in [-0.4, -0.2) is 10.6 Å². The second-order valence-corrected chi connectivity index (χ2v) is 4.62. The minimum atomic E-state index is -0.169. The third-order valence-electron chi connectivity index (χ3n) is 2.28. The molecule has 0 aliphatic carbocycles. The van der Waals surface area contributed by atoms with Crippen LogP contribution >= 0.6 is 0 Å². The molecule has 0 saturated carbocycles. The highest BCUT2D eigenvalue weighted by molar-refractivity contribution is 5.35. The first kappa shape index (κ1) is 11.1. The van der Waals surface area contributed by atoms with Crippen molar-refractivity contribution >= 4 is 0 Å². The molecule has 2 heteroatoms. The van der Waals surface area contributed by atoms with Gasteiger partial charge in [-0.1, -0.05) is 12.1 Å². The Labute approximate surface area is 85.8 Å². The van der Waals surface area contributed by atoms with Crippen molar-refractivity contribution < 1.29 is 5.11 Å². The Balaban J connectivity index is 2.68. The SMILES string of the molecule is Cc1ccc(CCC(C)(C)N)c(O)c1. The zero-order valence-electron chi connectivity index (χ0n) is 9.17. The van der Waals surface area contributed by atoms with E-state index in [2.05, 4.69) is 0 Å². The molecule has 3 N–H and O–H groups in total. The molecule has 0 amide bonds. The summed E-state index contributed by atoms with van der Waals surface area (Å²) in [7, 11) is 0. The first-order chi connectivity index (χ1) is 6.38. The topological polar surface area (TPSA) is 46.2 Å². The van der Waals surface area contributed by atoms with Crippen LogP contribution in [0.15, 0.2) is 18.2 Å². The summed E-state index contributed by atoms with van der Waals surface area (Å²) in [6.07, 6.45) is 1.71. The summed E-state index contributed by atoms with van der Waals surface area (Å²) in [6, 6.07) is 5.77. The molecule has 0 spiro atoms. The Morgan fingerprint density at radius 2 is 2.00 bits per heavy atom. The summed E-state index contributed by atoms with van der Waals surface area (Å²) in [5.74, 6) is 0.384. The molecule has 14 heavy (non-hydrogen) atoms. The lowest BCUT2D eigenvalue weighted by Crippen LogP contribution is -2.32. The number of nitrogens with two attached hydrogens (primary N) is 1. The van der Waals surface area contributed by atoms with Gasteiger partial charge in [0.15, 0.2) is 0 Å². The normalized spacial score (nSPS) is 11.7. The van der Waals surface area contributed by atoms with Crippen LogP contribution in [0.3, 0.4) is 0 Å². The lowest BCUT2D eigenvalue weighted by Gasteiger charge is -2.18. The fourth-order valence-electron chi connectivity index (χ4n) is 1.34. The molecule has 0 saturated heterocycles. The van der Waals surface area contributed by atoms with Crippen molar-refractivity contribution in [2.24, 2.45) is 5.73 Å². The van der Waals surface area contributed by atoms with Gasteiger partial charge in [0.25, 0.3) is 0 Å². The number of hydrogen-bond donors (Lipinski definition) is 2. The second-order valence-electron chi connectivity index (χ2n) is 4.62. The maximum atomic E-state index is 9.65. The molecule has 78 valence electrons. The van der Waals surface area contributed by atoms with Crippen LogP contribution < -0.4 is 5.73 Å². The van der Waals surface area contributed by atoms with Crippen molar-refractivity contribution in [2.45, 2.75) is 39.2 Å². The largest absolute Gasteiger partial charge is 0.508 e. The molecule has 0 aromatic heterocycles. The smallest absolute Gasteiger partial charge is 0.119 e. The van der Waals surface area contributed by atoms with Crippen molar-refractivity contribution in [2.75, 3.05) is 0 Å². The highest BCUT2D eigenvalue weighted by Crippen LogP contribution is 2.21.